The van der Waals surface area contributed by atoms with Crippen LogP contribution in [0, 0.1) is 5.82 Å². The number of hydrogen-bond acceptors (Lipinski definition) is 3. The topological polar surface area (TPSA) is 35.3 Å². The summed E-state index contributed by atoms with van der Waals surface area (Å²) in [4.78, 5) is 4.11. The Bertz CT molecular complexity index is 725. The van der Waals surface area contributed by atoms with Gasteiger partial charge in [0.1, 0.15) is 6.20 Å². The molecule has 0 fully saturated rings. The van der Waals surface area contributed by atoms with Crippen molar-refractivity contribution in [3.8, 4) is 23.1 Å². The second-order valence-electron chi connectivity index (χ2n) is 4.02. The molecule has 0 aliphatic heterocycles. The van der Waals surface area contributed by atoms with Gasteiger partial charge in [-0.25, -0.2) is 9.37 Å². The van der Waals surface area contributed by atoms with Crippen molar-refractivity contribution >= 4 is 15.9 Å². The molecular weight excluding hydrogens is 325 g/mol. The average molecular weight is 334 g/mol. The molecule has 3 aromatic rings. The van der Waals surface area contributed by atoms with Gasteiger partial charge in [0.05, 0.1) is 0 Å². The summed E-state index contributed by atoms with van der Waals surface area (Å²) in [6, 6.07) is 13.6. The number of benzene rings is 2. The number of rotatable bonds is 3. The van der Waals surface area contributed by atoms with Gasteiger partial charge in [0.15, 0.2) is 11.6 Å². The van der Waals surface area contributed by atoms with E-state index in [2.05, 4.69) is 20.9 Å². The quantitative estimate of drug-likeness (QED) is 0.673. The highest BCUT2D eigenvalue weighted by Gasteiger charge is 2.10. The van der Waals surface area contributed by atoms with E-state index in [1.165, 1.54) is 18.3 Å². The predicted octanol–water partition coefficient (Wildman–Crippen LogP) is 5.04. The minimum absolute atomic E-state index is 0.103. The highest BCUT2D eigenvalue weighted by molar-refractivity contribution is 9.10. The number of hydrogen-bond donors (Lipinski definition) is 0. The maximum Gasteiger partial charge on any atom is 0.311 e. The summed E-state index contributed by atoms with van der Waals surface area (Å²) in [6.07, 6.45) is 1.42. The number of para-hydroxylation sites is 1. The third-order valence-corrected chi connectivity index (χ3v) is 3.15. The lowest BCUT2D eigenvalue weighted by Gasteiger charge is -2.01. The molecule has 3 rings (SSSR count). The Morgan fingerprint density at radius 2 is 1.80 bits per heavy atom. The highest BCUT2D eigenvalue weighted by Crippen LogP contribution is 2.28. The lowest BCUT2D eigenvalue weighted by molar-refractivity contribution is 0.337. The summed E-state index contributed by atoms with van der Waals surface area (Å²) in [7, 11) is 0. The zero-order valence-corrected chi connectivity index (χ0v) is 11.8. The van der Waals surface area contributed by atoms with Crippen molar-refractivity contribution in [3.63, 3.8) is 0 Å². The van der Waals surface area contributed by atoms with Crippen LogP contribution in [0.5, 0.6) is 11.7 Å². The molecular formula is C15H9BrFNO2. The van der Waals surface area contributed by atoms with Crippen LogP contribution in [-0.4, -0.2) is 4.98 Å². The Morgan fingerprint density at radius 3 is 2.55 bits per heavy atom. The molecule has 20 heavy (non-hydrogen) atoms. The van der Waals surface area contributed by atoms with Gasteiger partial charge in [0.2, 0.25) is 5.89 Å². The van der Waals surface area contributed by atoms with Gasteiger partial charge < -0.3 is 9.15 Å². The van der Waals surface area contributed by atoms with Crippen molar-refractivity contribution in [2.45, 2.75) is 0 Å². The van der Waals surface area contributed by atoms with E-state index in [4.69, 9.17) is 9.15 Å². The number of ether oxygens (including phenoxy) is 1. The van der Waals surface area contributed by atoms with Crippen LogP contribution in [0.1, 0.15) is 0 Å². The first-order valence-electron chi connectivity index (χ1n) is 5.86. The van der Waals surface area contributed by atoms with Gasteiger partial charge in [-0.3, -0.25) is 0 Å². The molecule has 0 atom stereocenters. The monoisotopic (exact) mass is 333 g/mol. The standard InChI is InChI=1S/C15H9BrFNO2/c16-11-7-5-10(6-8-11)15-18-9-14(20-15)19-13-4-2-1-3-12(13)17/h1-9H. The normalized spacial score (nSPS) is 10.5. The minimum atomic E-state index is -0.450. The molecule has 0 N–H and O–H groups in total. The lowest BCUT2D eigenvalue weighted by atomic mass is 10.2. The zero-order chi connectivity index (χ0) is 13.9. The number of oxazole rings is 1. The Balaban J connectivity index is 1.84. The molecule has 0 bridgehead atoms. The van der Waals surface area contributed by atoms with Gasteiger partial charge in [-0.2, -0.15) is 0 Å². The van der Waals surface area contributed by atoms with Crippen molar-refractivity contribution in [2.24, 2.45) is 0 Å². The molecule has 2 aromatic carbocycles. The zero-order valence-electron chi connectivity index (χ0n) is 10.2. The molecule has 5 heteroatoms. The van der Waals surface area contributed by atoms with E-state index in [1.54, 1.807) is 12.1 Å². The molecule has 0 amide bonds. The maximum atomic E-state index is 13.5. The molecule has 0 aliphatic carbocycles. The van der Waals surface area contributed by atoms with Crippen LogP contribution in [0.25, 0.3) is 11.5 Å². The SMILES string of the molecule is Fc1ccccc1Oc1cnc(-c2ccc(Br)cc2)o1. The summed E-state index contributed by atoms with van der Waals surface area (Å²) in [6.45, 7) is 0. The van der Waals surface area contributed by atoms with Crippen molar-refractivity contribution < 1.29 is 13.5 Å². The average Bonchev–Trinajstić information content (AvgIpc) is 2.91. The van der Waals surface area contributed by atoms with Crippen LogP contribution < -0.4 is 4.74 Å². The van der Waals surface area contributed by atoms with E-state index in [9.17, 15) is 4.39 Å². The third kappa shape index (κ3) is 2.72. The van der Waals surface area contributed by atoms with Gasteiger partial charge in [-0.15, -0.1) is 0 Å². The first kappa shape index (κ1) is 12.9. The molecule has 0 unspecified atom stereocenters. The smallest absolute Gasteiger partial charge is 0.311 e. The van der Waals surface area contributed by atoms with Crippen LogP contribution in [0.2, 0.25) is 0 Å². The van der Waals surface area contributed by atoms with Gasteiger partial charge in [-0.1, -0.05) is 28.1 Å². The summed E-state index contributed by atoms with van der Waals surface area (Å²) >= 11 is 3.36. The van der Waals surface area contributed by atoms with E-state index in [-0.39, 0.29) is 11.7 Å². The Morgan fingerprint density at radius 1 is 1.05 bits per heavy atom. The van der Waals surface area contributed by atoms with Gasteiger partial charge in [0, 0.05) is 10.0 Å². The van der Waals surface area contributed by atoms with Crippen LogP contribution >= 0.6 is 15.9 Å². The van der Waals surface area contributed by atoms with Crippen molar-refractivity contribution in [2.75, 3.05) is 0 Å². The molecule has 0 spiro atoms. The van der Waals surface area contributed by atoms with Crippen molar-refractivity contribution in [3.05, 3.63) is 65.0 Å². The van der Waals surface area contributed by atoms with Crippen LogP contribution in [0.15, 0.2) is 63.6 Å². The van der Waals surface area contributed by atoms with Crippen LogP contribution in [-0.2, 0) is 0 Å². The first-order valence-corrected chi connectivity index (χ1v) is 6.66. The summed E-state index contributed by atoms with van der Waals surface area (Å²) in [5.74, 6) is 0.219. The van der Waals surface area contributed by atoms with Crippen molar-refractivity contribution in [1.82, 2.24) is 4.98 Å². The molecule has 100 valence electrons. The van der Waals surface area contributed by atoms with Gasteiger partial charge >= 0.3 is 5.95 Å². The van der Waals surface area contributed by atoms with E-state index in [0.717, 1.165) is 10.0 Å². The Labute approximate surface area is 123 Å². The maximum absolute atomic E-state index is 13.5. The van der Waals surface area contributed by atoms with Crippen LogP contribution in [0.4, 0.5) is 4.39 Å². The van der Waals surface area contributed by atoms with Crippen LogP contribution in [0.3, 0.4) is 0 Å². The molecule has 1 aromatic heterocycles. The second kappa shape index (κ2) is 5.46. The number of halogens is 2. The van der Waals surface area contributed by atoms with Crippen molar-refractivity contribution in [1.29, 1.82) is 0 Å². The van der Waals surface area contributed by atoms with Gasteiger partial charge in [0.25, 0.3) is 0 Å². The molecule has 0 saturated heterocycles. The summed E-state index contributed by atoms with van der Waals surface area (Å²) < 4.78 is 25.2. The molecule has 0 aliphatic rings. The second-order valence-corrected chi connectivity index (χ2v) is 4.94. The largest absolute Gasteiger partial charge is 0.422 e. The molecule has 1 heterocycles. The molecule has 3 nitrogen and oxygen atoms in total. The fourth-order valence-electron chi connectivity index (χ4n) is 1.67. The molecule has 0 saturated carbocycles. The third-order valence-electron chi connectivity index (χ3n) is 2.62. The van der Waals surface area contributed by atoms with E-state index < -0.39 is 5.82 Å². The summed E-state index contributed by atoms with van der Waals surface area (Å²) in [5, 5.41) is 0. The fourth-order valence-corrected chi connectivity index (χ4v) is 1.93. The highest BCUT2D eigenvalue weighted by atomic mass is 79.9. The fraction of sp³-hybridized carbons (Fsp3) is 0. The van der Waals surface area contributed by atoms with Gasteiger partial charge in [-0.05, 0) is 36.4 Å². The minimum Gasteiger partial charge on any atom is -0.422 e. The Kier molecular flexibility index (Phi) is 3.52. The number of nitrogens with zero attached hydrogens (tertiary/aromatic N) is 1. The Hall–Kier alpha value is -2.14. The van der Waals surface area contributed by atoms with E-state index >= 15 is 0 Å². The van der Waals surface area contributed by atoms with E-state index in [1.807, 2.05) is 24.3 Å². The molecule has 0 radical (unpaired) electrons. The number of aromatic nitrogens is 1. The first-order chi connectivity index (χ1) is 9.72. The predicted molar refractivity (Wildman–Crippen MR) is 76.1 cm³/mol. The summed E-state index contributed by atoms with van der Waals surface area (Å²) in [5.41, 5.74) is 0.816. The lowest BCUT2D eigenvalue weighted by Crippen LogP contribution is -1.85. The van der Waals surface area contributed by atoms with E-state index in [0.29, 0.717) is 5.89 Å².